The van der Waals surface area contributed by atoms with Crippen LogP contribution >= 0.6 is 0 Å². The van der Waals surface area contributed by atoms with Gasteiger partial charge in [0.2, 0.25) is 5.91 Å². The average molecular weight is 263 g/mol. The van der Waals surface area contributed by atoms with Crippen LogP contribution in [0.15, 0.2) is 24.3 Å². The summed E-state index contributed by atoms with van der Waals surface area (Å²) in [7, 11) is 0. The zero-order chi connectivity index (χ0) is 14.4. The van der Waals surface area contributed by atoms with Gasteiger partial charge in [-0.15, -0.1) is 0 Å². The number of nitrogens with two attached hydrogens (primary N) is 1. The number of carbonyl (C=O) groups excluding carboxylic acids is 2. The summed E-state index contributed by atoms with van der Waals surface area (Å²) in [4.78, 5) is 23.3. The Hall–Kier alpha value is -1.88. The first-order chi connectivity index (χ1) is 8.93. The Balaban J connectivity index is 2.66. The summed E-state index contributed by atoms with van der Waals surface area (Å²) >= 11 is 0. The third kappa shape index (κ3) is 4.71. The monoisotopic (exact) mass is 263 g/mol. The molecule has 19 heavy (non-hydrogen) atoms. The third-order valence-corrected chi connectivity index (χ3v) is 2.61. The molecule has 0 heterocycles. The SMILES string of the molecule is CC[C@@H](N)C(=O)Nc1ccc(C(=O)NC(C)C)cc1. The largest absolute Gasteiger partial charge is 0.350 e. The van der Waals surface area contributed by atoms with Gasteiger partial charge < -0.3 is 16.4 Å². The van der Waals surface area contributed by atoms with E-state index < -0.39 is 6.04 Å². The lowest BCUT2D eigenvalue weighted by atomic mass is 10.1. The average Bonchev–Trinajstić information content (AvgIpc) is 2.37. The van der Waals surface area contributed by atoms with E-state index in [-0.39, 0.29) is 17.9 Å². The van der Waals surface area contributed by atoms with Gasteiger partial charge in [0.15, 0.2) is 0 Å². The molecule has 1 aromatic carbocycles. The van der Waals surface area contributed by atoms with E-state index in [1.807, 2.05) is 20.8 Å². The van der Waals surface area contributed by atoms with E-state index in [9.17, 15) is 9.59 Å². The van der Waals surface area contributed by atoms with Crippen LogP contribution < -0.4 is 16.4 Å². The van der Waals surface area contributed by atoms with Gasteiger partial charge >= 0.3 is 0 Å². The maximum atomic E-state index is 11.7. The van der Waals surface area contributed by atoms with Crippen LogP contribution in [0.1, 0.15) is 37.6 Å². The van der Waals surface area contributed by atoms with Gasteiger partial charge in [-0.1, -0.05) is 6.92 Å². The number of benzene rings is 1. The minimum absolute atomic E-state index is 0.0921. The summed E-state index contributed by atoms with van der Waals surface area (Å²) in [5.41, 5.74) is 6.82. The van der Waals surface area contributed by atoms with Gasteiger partial charge in [0.05, 0.1) is 6.04 Å². The van der Waals surface area contributed by atoms with Crippen molar-refractivity contribution in [2.45, 2.75) is 39.3 Å². The van der Waals surface area contributed by atoms with Crippen molar-refractivity contribution in [1.29, 1.82) is 0 Å². The highest BCUT2D eigenvalue weighted by Gasteiger charge is 2.11. The lowest BCUT2D eigenvalue weighted by molar-refractivity contribution is -0.117. The summed E-state index contributed by atoms with van der Waals surface area (Å²) in [6.45, 7) is 5.65. The second-order valence-electron chi connectivity index (χ2n) is 4.71. The minimum Gasteiger partial charge on any atom is -0.350 e. The van der Waals surface area contributed by atoms with Gasteiger partial charge in [-0.05, 0) is 44.5 Å². The molecular weight excluding hydrogens is 242 g/mol. The fourth-order valence-electron chi connectivity index (χ4n) is 1.47. The van der Waals surface area contributed by atoms with Crippen LogP contribution in [-0.4, -0.2) is 23.9 Å². The van der Waals surface area contributed by atoms with Crippen LogP contribution in [0.5, 0.6) is 0 Å². The predicted octanol–water partition coefficient (Wildman–Crippen LogP) is 1.50. The quantitative estimate of drug-likeness (QED) is 0.752. The van der Waals surface area contributed by atoms with Crippen molar-refractivity contribution in [3.8, 4) is 0 Å². The number of hydrogen-bond acceptors (Lipinski definition) is 3. The zero-order valence-corrected chi connectivity index (χ0v) is 11.6. The number of nitrogens with one attached hydrogen (secondary N) is 2. The Morgan fingerprint density at radius 2 is 1.79 bits per heavy atom. The molecule has 0 saturated carbocycles. The lowest BCUT2D eigenvalue weighted by Gasteiger charge is -2.11. The number of amides is 2. The molecule has 104 valence electrons. The molecule has 4 N–H and O–H groups in total. The van der Waals surface area contributed by atoms with Crippen LogP contribution in [-0.2, 0) is 4.79 Å². The Kier molecular flexibility index (Phi) is 5.51. The normalized spacial score (nSPS) is 12.1. The van der Waals surface area contributed by atoms with Crippen LogP contribution in [0, 0.1) is 0 Å². The topological polar surface area (TPSA) is 84.2 Å². The van der Waals surface area contributed by atoms with Crippen LogP contribution in [0.3, 0.4) is 0 Å². The lowest BCUT2D eigenvalue weighted by Crippen LogP contribution is -2.34. The molecule has 5 nitrogen and oxygen atoms in total. The molecular formula is C14H21N3O2. The summed E-state index contributed by atoms with van der Waals surface area (Å²) in [5.74, 6) is -0.347. The van der Waals surface area contributed by atoms with E-state index >= 15 is 0 Å². The maximum absolute atomic E-state index is 11.7. The molecule has 1 aromatic rings. The highest BCUT2D eigenvalue weighted by Crippen LogP contribution is 2.10. The smallest absolute Gasteiger partial charge is 0.251 e. The number of rotatable bonds is 5. The Morgan fingerprint density at radius 1 is 1.21 bits per heavy atom. The maximum Gasteiger partial charge on any atom is 0.251 e. The first-order valence-corrected chi connectivity index (χ1v) is 6.41. The molecule has 0 aliphatic rings. The molecule has 2 amide bonds. The van der Waals surface area contributed by atoms with Gasteiger partial charge in [-0.2, -0.15) is 0 Å². The Labute approximate surface area is 113 Å². The molecule has 1 atom stereocenters. The van der Waals surface area contributed by atoms with Crippen molar-refractivity contribution < 1.29 is 9.59 Å². The van der Waals surface area contributed by atoms with Gasteiger partial charge in [0.1, 0.15) is 0 Å². The van der Waals surface area contributed by atoms with Gasteiger partial charge in [-0.3, -0.25) is 9.59 Å². The van der Waals surface area contributed by atoms with Gasteiger partial charge in [0.25, 0.3) is 5.91 Å². The van der Waals surface area contributed by atoms with Crippen LogP contribution in [0.2, 0.25) is 0 Å². The van der Waals surface area contributed by atoms with E-state index in [4.69, 9.17) is 5.73 Å². The predicted molar refractivity (Wildman–Crippen MR) is 75.9 cm³/mol. The molecule has 0 aliphatic carbocycles. The van der Waals surface area contributed by atoms with Crippen molar-refractivity contribution in [3.05, 3.63) is 29.8 Å². The van der Waals surface area contributed by atoms with Crippen molar-refractivity contribution >= 4 is 17.5 Å². The van der Waals surface area contributed by atoms with E-state index in [1.165, 1.54) is 0 Å². The van der Waals surface area contributed by atoms with E-state index in [2.05, 4.69) is 10.6 Å². The molecule has 0 fully saturated rings. The number of anilines is 1. The van der Waals surface area contributed by atoms with E-state index in [0.29, 0.717) is 17.7 Å². The molecule has 1 rings (SSSR count). The first-order valence-electron chi connectivity index (χ1n) is 6.41. The number of carbonyl (C=O) groups is 2. The molecule has 0 unspecified atom stereocenters. The van der Waals surface area contributed by atoms with E-state index in [1.54, 1.807) is 24.3 Å². The second kappa shape index (κ2) is 6.89. The standard InChI is InChI=1S/C14H21N3O2/c1-4-12(15)14(19)17-11-7-5-10(6-8-11)13(18)16-9(2)3/h5-9,12H,4,15H2,1-3H3,(H,16,18)(H,17,19)/t12-/m1/s1. The fraction of sp³-hybridized carbons (Fsp3) is 0.429. The van der Waals surface area contributed by atoms with Gasteiger partial charge in [0, 0.05) is 17.3 Å². The Morgan fingerprint density at radius 3 is 2.26 bits per heavy atom. The fourth-order valence-corrected chi connectivity index (χ4v) is 1.47. The van der Waals surface area contributed by atoms with Gasteiger partial charge in [-0.25, -0.2) is 0 Å². The second-order valence-corrected chi connectivity index (χ2v) is 4.71. The molecule has 0 radical (unpaired) electrons. The summed E-state index contributed by atoms with van der Waals surface area (Å²) < 4.78 is 0. The number of hydrogen-bond donors (Lipinski definition) is 3. The summed E-state index contributed by atoms with van der Waals surface area (Å²) in [6, 6.07) is 6.30. The minimum atomic E-state index is -0.510. The molecule has 0 aromatic heterocycles. The highest BCUT2D eigenvalue weighted by atomic mass is 16.2. The molecule has 0 spiro atoms. The van der Waals surface area contributed by atoms with Crippen molar-refractivity contribution in [1.82, 2.24) is 5.32 Å². The molecule has 0 saturated heterocycles. The summed E-state index contributed by atoms with van der Waals surface area (Å²) in [6.07, 6.45) is 0.584. The third-order valence-electron chi connectivity index (χ3n) is 2.61. The van der Waals surface area contributed by atoms with Crippen molar-refractivity contribution in [2.75, 3.05) is 5.32 Å². The van der Waals surface area contributed by atoms with Crippen LogP contribution in [0.25, 0.3) is 0 Å². The molecule has 0 bridgehead atoms. The zero-order valence-electron chi connectivity index (χ0n) is 11.6. The first kappa shape index (κ1) is 15.2. The van der Waals surface area contributed by atoms with Crippen LogP contribution in [0.4, 0.5) is 5.69 Å². The summed E-state index contributed by atoms with van der Waals surface area (Å²) in [5, 5.41) is 5.50. The Bertz CT molecular complexity index is 441. The molecule has 5 heteroatoms. The highest BCUT2D eigenvalue weighted by molar-refractivity contribution is 5.97. The molecule has 0 aliphatic heterocycles. The van der Waals surface area contributed by atoms with E-state index in [0.717, 1.165) is 0 Å². The van der Waals surface area contributed by atoms with Crippen molar-refractivity contribution in [3.63, 3.8) is 0 Å². The van der Waals surface area contributed by atoms with Crippen molar-refractivity contribution in [2.24, 2.45) is 5.73 Å².